The molecule has 0 aromatic carbocycles. The van der Waals surface area contributed by atoms with Crippen molar-refractivity contribution in [2.45, 2.75) is 39.7 Å². The highest BCUT2D eigenvalue weighted by molar-refractivity contribution is 5.24. The zero-order valence-corrected chi connectivity index (χ0v) is 9.50. The molecule has 0 aromatic rings. The second-order valence-electron chi connectivity index (χ2n) is 4.77. The van der Waals surface area contributed by atoms with E-state index in [4.69, 9.17) is 4.74 Å². The number of hydrogen-bond donors (Lipinski definition) is 1. The molecule has 14 heavy (non-hydrogen) atoms. The van der Waals surface area contributed by atoms with Crippen molar-refractivity contribution in [3.05, 3.63) is 24.0 Å². The predicted octanol–water partition coefficient (Wildman–Crippen LogP) is 3.21. The molecule has 0 aliphatic heterocycles. The molecule has 0 amide bonds. The van der Waals surface area contributed by atoms with Crippen LogP contribution in [0.25, 0.3) is 0 Å². The van der Waals surface area contributed by atoms with Crippen molar-refractivity contribution in [2.24, 2.45) is 5.41 Å². The molecule has 0 bridgehead atoms. The van der Waals surface area contributed by atoms with Crippen LogP contribution in [0, 0.1) is 5.41 Å². The molecule has 0 fully saturated rings. The molecule has 1 rings (SSSR count). The van der Waals surface area contributed by atoms with Gasteiger partial charge in [0.05, 0.1) is 11.4 Å². The maximum atomic E-state index is 9.56. The molecule has 80 valence electrons. The zero-order chi connectivity index (χ0) is 10.8. The monoisotopic (exact) mass is 196 g/mol. The molecule has 2 heteroatoms. The number of rotatable bonds is 2. The summed E-state index contributed by atoms with van der Waals surface area (Å²) in [5.41, 5.74) is -0.373. The first kappa shape index (κ1) is 11.3. The van der Waals surface area contributed by atoms with E-state index in [-0.39, 0.29) is 11.0 Å². The second kappa shape index (κ2) is 3.77. The van der Waals surface area contributed by atoms with Crippen LogP contribution in [-0.4, -0.2) is 17.3 Å². The maximum absolute atomic E-state index is 9.56. The van der Waals surface area contributed by atoms with Gasteiger partial charge in [-0.05, 0) is 18.4 Å². The summed E-state index contributed by atoms with van der Waals surface area (Å²) in [4.78, 5) is 0. The standard InChI is InChI=1S/C12H20O2/c1-5-14-12(11(2,3)4)8-6-7-10(13)9-12/h6-8,13H,5,9H2,1-4H3. The summed E-state index contributed by atoms with van der Waals surface area (Å²) in [6, 6.07) is 0. The first-order valence-electron chi connectivity index (χ1n) is 5.12. The number of ether oxygens (including phenoxy) is 1. The lowest BCUT2D eigenvalue weighted by atomic mass is 9.72. The van der Waals surface area contributed by atoms with Crippen LogP contribution < -0.4 is 0 Å². The zero-order valence-electron chi connectivity index (χ0n) is 9.50. The SMILES string of the molecule is CCOC1(C(C)(C)C)C=CC=C(O)C1. The van der Waals surface area contributed by atoms with Crippen LogP contribution in [0.5, 0.6) is 0 Å². The molecule has 0 aromatic heterocycles. The molecular weight excluding hydrogens is 176 g/mol. The third-order valence-electron chi connectivity index (χ3n) is 2.77. The molecule has 1 N–H and O–H groups in total. The molecule has 0 radical (unpaired) electrons. The van der Waals surface area contributed by atoms with E-state index in [2.05, 4.69) is 26.8 Å². The van der Waals surface area contributed by atoms with Crippen molar-refractivity contribution in [3.63, 3.8) is 0 Å². The molecule has 0 saturated carbocycles. The first-order chi connectivity index (χ1) is 6.41. The molecule has 1 aliphatic rings. The lowest BCUT2D eigenvalue weighted by Crippen LogP contribution is -2.45. The molecule has 1 aliphatic carbocycles. The second-order valence-corrected chi connectivity index (χ2v) is 4.77. The Kier molecular flexibility index (Phi) is 3.05. The van der Waals surface area contributed by atoms with Gasteiger partial charge in [0.1, 0.15) is 0 Å². The minimum absolute atomic E-state index is 0.0122. The quantitative estimate of drug-likeness (QED) is 0.734. The Morgan fingerprint density at radius 1 is 1.50 bits per heavy atom. The van der Waals surface area contributed by atoms with Gasteiger partial charge >= 0.3 is 0 Å². The summed E-state index contributed by atoms with van der Waals surface area (Å²) >= 11 is 0. The Morgan fingerprint density at radius 2 is 2.14 bits per heavy atom. The predicted molar refractivity (Wildman–Crippen MR) is 58.3 cm³/mol. The van der Waals surface area contributed by atoms with E-state index in [0.29, 0.717) is 18.8 Å². The molecule has 1 unspecified atom stereocenters. The van der Waals surface area contributed by atoms with Gasteiger partial charge in [-0.1, -0.05) is 32.9 Å². The molecule has 0 heterocycles. The molecule has 0 saturated heterocycles. The highest BCUT2D eigenvalue weighted by Crippen LogP contribution is 2.41. The number of aliphatic hydroxyl groups is 1. The van der Waals surface area contributed by atoms with Gasteiger partial charge < -0.3 is 9.84 Å². The third-order valence-corrected chi connectivity index (χ3v) is 2.77. The van der Waals surface area contributed by atoms with E-state index in [1.54, 1.807) is 6.08 Å². The highest BCUT2D eigenvalue weighted by atomic mass is 16.5. The van der Waals surface area contributed by atoms with E-state index in [1.165, 1.54) is 0 Å². The van der Waals surface area contributed by atoms with Gasteiger partial charge in [-0.25, -0.2) is 0 Å². The lowest BCUT2D eigenvalue weighted by Gasteiger charge is -2.43. The first-order valence-corrected chi connectivity index (χ1v) is 5.12. The van der Waals surface area contributed by atoms with Crippen LogP contribution in [0.15, 0.2) is 24.0 Å². The van der Waals surface area contributed by atoms with E-state index in [1.807, 2.05) is 13.0 Å². The topological polar surface area (TPSA) is 29.5 Å². The van der Waals surface area contributed by atoms with Gasteiger partial charge in [0.15, 0.2) is 0 Å². The summed E-state index contributed by atoms with van der Waals surface area (Å²) in [5.74, 6) is 0.399. The fourth-order valence-electron chi connectivity index (χ4n) is 1.79. The molecule has 2 nitrogen and oxygen atoms in total. The van der Waals surface area contributed by atoms with Gasteiger partial charge in [0, 0.05) is 13.0 Å². The average molecular weight is 196 g/mol. The van der Waals surface area contributed by atoms with Crippen LogP contribution in [0.2, 0.25) is 0 Å². The largest absolute Gasteiger partial charge is 0.512 e. The Hall–Kier alpha value is -0.760. The molecular formula is C12H20O2. The number of allylic oxidation sites excluding steroid dienone is 2. The van der Waals surface area contributed by atoms with Crippen molar-refractivity contribution in [2.75, 3.05) is 6.61 Å². The van der Waals surface area contributed by atoms with Gasteiger partial charge in [0.25, 0.3) is 0 Å². The summed E-state index contributed by atoms with van der Waals surface area (Å²) < 4.78 is 5.82. The highest BCUT2D eigenvalue weighted by Gasteiger charge is 2.42. The van der Waals surface area contributed by atoms with Crippen LogP contribution >= 0.6 is 0 Å². The minimum Gasteiger partial charge on any atom is -0.512 e. The van der Waals surface area contributed by atoms with Gasteiger partial charge in [-0.3, -0.25) is 0 Å². The molecule has 0 spiro atoms. The van der Waals surface area contributed by atoms with E-state index in [9.17, 15) is 5.11 Å². The van der Waals surface area contributed by atoms with E-state index >= 15 is 0 Å². The Bertz CT molecular complexity index is 258. The van der Waals surface area contributed by atoms with Crippen molar-refractivity contribution in [1.82, 2.24) is 0 Å². The van der Waals surface area contributed by atoms with Crippen molar-refractivity contribution in [3.8, 4) is 0 Å². The number of hydrogen-bond acceptors (Lipinski definition) is 2. The van der Waals surface area contributed by atoms with E-state index < -0.39 is 0 Å². The fraction of sp³-hybridized carbons (Fsp3) is 0.667. The van der Waals surface area contributed by atoms with Gasteiger partial charge in [-0.15, -0.1) is 0 Å². The molecule has 1 atom stereocenters. The third kappa shape index (κ3) is 2.01. The van der Waals surface area contributed by atoms with Gasteiger partial charge in [0.2, 0.25) is 0 Å². The van der Waals surface area contributed by atoms with Gasteiger partial charge in [-0.2, -0.15) is 0 Å². The summed E-state index contributed by atoms with van der Waals surface area (Å²) in [6.07, 6.45) is 6.22. The van der Waals surface area contributed by atoms with Crippen LogP contribution in [0.1, 0.15) is 34.1 Å². The van der Waals surface area contributed by atoms with E-state index in [0.717, 1.165) is 0 Å². The Morgan fingerprint density at radius 3 is 2.57 bits per heavy atom. The summed E-state index contributed by atoms with van der Waals surface area (Å²) in [6.45, 7) is 9.04. The Labute approximate surface area is 86.3 Å². The summed E-state index contributed by atoms with van der Waals surface area (Å²) in [7, 11) is 0. The normalized spacial score (nSPS) is 27.6. The van der Waals surface area contributed by atoms with Crippen molar-refractivity contribution < 1.29 is 9.84 Å². The smallest absolute Gasteiger partial charge is 0.0983 e. The lowest BCUT2D eigenvalue weighted by molar-refractivity contribution is -0.0814. The number of aliphatic hydroxyl groups excluding tert-OH is 1. The van der Waals surface area contributed by atoms with Crippen molar-refractivity contribution >= 4 is 0 Å². The van der Waals surface area contributed by atoms with Crippen molar-refractivity contribution in [1.29, 1.82) is 0 Å². The minimum atomic E-state index is -0.361. The Balaban J connectivity index is 2.96. The summed E-state index contributed by atoms with van der Waals surface area (Å²) in [5, 5.41) is 9.56. The average Bonchev–Trinajstić information content (AvgIpc) is 2.02. The fourth-order valence-corrected chi connectivity index (χ4v) is 1.79. The maximum Gasteiger partial charge on any atom is 0.0983 e. The van der Waals surface area contributed by atoms with Crippen LogP contribution in [0.4, 0.5) is 0 Å². The van der Waals surface area contributed by atoms with Crippen LogP contribution in [-0.2, 0) is 4.74 Å². The van der Waals surface area contributed by atoms with Crippen LogP contribution in [0.3, 0.4) is 0 Å².